The zero-order valence-electron chi connectivity index (χ0n) is 17.0. The molecule has 0 saturated heterocycles. The topological polar surface area (TPSA) is 147 Å². The van der Waals surface area contributed by atoms with E-state index in [4.69, 9.17) is 5.11 Å². The SMILES string of the molecule is N#C[C@@H](NC(=O)[C@@H]1CCCC[C@@H]1NC(=O)c1cc2cc(NC(=O)O)ccc2[nH]1)C1CC1. The lowest BCUT2D eigenvalue weighted by Gasteiger charge is -2.31. The molecule has 2 saturated carbocycles. The Hall–Kier alpha value is -3.54. The molecule has 2 aromatic rings. The van der Waals surface area contributed by atoms with Crippen molar-refractivity contribution in [2.45, 2.75) is 50.6 Å². The third-order valence-electron chi connectivity index (χ3n) is 6.07. The molecule has 4 rings (SSSR count). The number of nitrogens with one attached hydrogen (secondary N) is 4. The van der Waals surface area contributed by atoms with Gasteiger partial charge >= 0.3 is 6.09 Å². The zero-order chi connectivity index (χ0) is 22.0. The van der Waals surface area contributed by atoms with Gasteiger partial charge in [0.15, 0.2) is 0 Å². The number of hydrogen-bond acceptors (Lipinski definition) is 4. The van der Waals surface area contributed by atoms with Crippen LogP contribution in [0.25, 0.3) is 10.9 Å². The van der Waals surface area contributed by atoms with Crippen LogP contribution in [-0.2, 0) is 4.79 Å². The van der Waals surface area contributed by atoms with Gasteiger partial charge in [-0.3, -0.25) is 14.9 Å². The number of nitriles is 1. The summed E-state index contributed by atoms with van der Waals surface area (Å²) in [5, 5.41) is 27.0. The van der Waals surface area contributed by atoms with Crippen molar-refractivity contribution in [3.05, 3.63) is 30.0 Å². The summed E-state index contributed by atoms with van der Waals surface area (Å²) in [7, 11) is 0. The maximum absolute atomic E-state index is 12.9. The van der Waals surface area contributed by atoms with E-state index >= 15 is 0 Å². The van der Waals surface area contributed by atoms with Gasteiger partial charge in [0.1, 0.15) is 11.7 Å². The molecule has 0 radical (unpaired) electrons. The summed E-state index contributed by atoms with van der Waals surface area (Å²) in [4.78, 5) is 39.6. The third-order valence-corrected chi connectivity index (χ3v) is 6.07. The van der Waals surface area contributed by atoms with E-state index in [1.165, 1.54) is 0 Å². The lowest BCUT2D eigenvalue weighted by atomic mass is 9.83. The van der Waals surface area contributed by atoms with Crippen LogP contribution in [0.15, 0.2) is 24.3 Å². The molecule has 5 N–H and O–H groups in total. The number of amides is 3. The van der Waals surface area contributed by atoms with Crippen LogP contribution in [0.3, 0.4) is 0 Å². The molecule has 9 heteroatoms. The summed E-state index contributed by atoms with van der Waals surface area (Å²) < 4.78 is 0. The molecule has 2 aliphatic rings. The minimum absolute atomic E-state index is 0.163. The van der Waals surface area contributed by atoms with Crippen molar-refractivity contribution in [3.63, 3.8) is 0 Å². The summed E-state index contributed by atoms with van der Waals surface area (Å²) in [6.45, 7) is 0. The number of H-pyrrole nitrogens is 1. The van der Waals surface area contributed by atoms with E-state index in [1.807, 2.05) is 0 Å². The Morgan fingerprint density at radius 1 is 1.13 bits per heavy atom. The van der Waals surface area contributed by atoms with E-state index in [0.717, 1.165) is 25.7 Å². The molecule has 0 bridgehead atoms. The van der Waals surface area contributed by atoms with Crippen molar-refractivity contribution in [3.8, 4) is 6.07 Å². The van der Waals surface area contributed by atoms with Gasteiger partial charge in [0.05, 0.1) is 12.0 Å². The number of fused-ring (bicyclic) bond motifs is 1. The minimum atomic E-state index is -1.16. The van der Waals surface area contributed by atoms with Gasteiger partial charge in [-0.1, -0.05) is 12.8 Å². The molecule has 1 heterocycles. The number of carbonyl (C=O) groups excluding carboxylic acids is 2. The van der Waals surface area contributed by atoms with Crippen molar-refractivity contribution < 1.29 is 19.5 Å². The molecule has 9 nitrogen and oxygen atoms in total. The monoisotopic (exact) mass is 423 g/mol. The predicted molar refractivity (Wildman–Crippen MR) is 113 cm³/mol. The highest BCUT2D eigenvalue weighted by molar-refractivity contribution is 5.99. The maximum Gasteiger partial charge on any atom is 0.409 e. The van der Waals surface area contributed by atoms with Crippen molar-refractivity contribution in [1.82, 2.24) is 15.6 Å². The standard InChI is InChI=1S/C22H25N5O4/c23-11-19(12-5-6-12)27-20(28)15-3-1-2-4-17(15)26-21(29)18-10-13-9-14(24-22(30)31)7-8-16(13)25-18/h7-10,12,15,17,19,24-25H,1-6H2,(H,26,29)(H,27,28)(H,30,31)/t15-,17+,19-/m1/s1. The fourth-order valence-corrected chi connectivity index (χ4v) is 4.27. The van der Waals surface area contributed by atoms with Crippen LogP contribution in [-0.4, -0.2) is 40.1 Å². The second-order valence-electron chi connectivity index (χ2n) is 8.34. The largest absolute Gasteiger partial charge is 0.465 e. The first-order chi connectivity index (χ1) is 14.9. The Morgan fingerprint density at radius 3 is 2.61 bits per heavy atom. The molecule has 2 fully saturated rings. The van der Waals surface area contributed by atoms with E-state index < -0.39 is 12.1 Å². The molecule has 0 unspecified atom stereocenters. The summed E-state index contributed by atoms with van der Waals surface area (Å²) in [6.07, 6.45) is 4.00. The first kappa shape index (κ1) is 20.7. The fourth-order valence-electron chi connectivity index (χ4n) is 4.27. The summed E-state index contributed by atoms with van der Waals surface area (Å²) in [6, 6.07) is 8.06. The van der Waals surface area contributed by atoms with E-state index in [-0.39, 0.29) is 29.7 Å². The van der Waals surface area contributed by atoms with Crippen LogP contribution in [0.1, 0.15) is 49.0 Å². The zero-order valence-corrected chi connectivity index (χ0v) is 17.0. The molecule has 0 aliphatic heterocycles. The van der Waals surface area contributed by atoms with Crippen molar-refractivity contribution in [2.24, 2.45) is 11.8 Å². The number of benzene rings is 1. The average Bonchev–Trinajstić information content (AvgIpc) is 3.50. The number of rotatable bonds is 6. The van der Waals surface area contributed by atoms with Gasteiger partial charge in [0.2, 0.25) is 5.91 Å². The predicted octanol–water partition coefficient (Wildman–Crippen LogP) is 2.96. The highest BCUT2D eigenvalue weighted by Crippen LogP contribution is 2.33. The molecule has 3 amide bonds. The smallest absolute Gasteiger partial charge is 0.409 e. The Bertz CT molecular complexity index is 1050. The maximum atomic E-state index is 12.9. The van der Waals surface area contributed by atoms with Crippen molar-refractivity contribution in [2.75, 3.05) is 5.32 Å². The van der Waals surface area contributed by atoms with Crippen LogP contribution in [0, 0.1) is 23.2 Å². The highest BCUT2D eigenvalue weighted by atomic mass is 16.4. The molecular formula is C22H25N5O4. The second-order valence-corrected chi connectivity index (χ2v) is 8.34. The fraction of sp³-hybridized carbons (Fsp3) is 0.455. The molecule has 31 heavy (non-hydrogen) atoms. The van der Waals surface area contributed by atoms with Gasteiger partial charge in [0, 0.05) is 22.6 Å². The van der Waals surface area contributed by atoms with Crippen LogP contribution >= 0.6 is 0 Å². The van der Waals surface area contributed by atoms with E-state index in [1.54, 1.807) is 24.3 Å². The van der Waals surface area contributed by atoms with Crippen LogP contribution in [0.4, 0.5) is 10.5 Å². The molecule has 2 aliphatic carbocycles. The van der Waals surface area contributed by atoms with E-state index in [2.05, 4.69) is 27.0 Å². The Balaban J connectivity index is 1.45. The third kappa shape index (κ3) is 4.79. The van der Waals surface area contributed by atoms with Gasteiger partial charge in [-0.25, -0.2) is 4.79 Å². The second kappa shape index (κ2) is 8.68. The number of aromatic nitrogens is 1. The van der Waals surface area contributed by atoms with Crippen LogP contribution in [0.5, 0.6) is 0 Å². The van der Waals surface area contributed by atoms with Gasteiger partial charge in [-0.15, -0.1) is 0 Å². The van der Waals surface area contributed by atoms with Gasteiger partial charge in [0.25, 0.3) is 5.91 Å². The molecule has 162 valence electrons. The van der Waals surface area contributed by atoms with Gasteiger partial charge in [-0.2, -0.15) is 5.26 Å². The number of carbonyl (C=O) groups is 3. The molecule has 0 spiro atoms. The summed E-state index contributed by atoms with van der Waals surface area (Å²) in [5.74, 6) is -0.586. The Kier molecular flexibility index (Phi) is 5.80. The van der Waals surface area contributed by atoms with E-state index in [0.29, 0.717) is 35.1 Å². The summed E-state index contributed by atoms with van der Waals surface area (Å²) >= 11 is 0. The normalized spacial score (nSPS) is 21.6. The molecular weight excluding hydrogens is 398 g/mol. The van der Waals surface area contributed by atoms with Crippen LogP contribution < -0.4 is 16.0 Å². The lowest BCUT2D eigenvalue weighted by molar-refractivity contribution is -0.127. The molecule has 3 atom stereocenters. The van der Waals surface area contributed by atoms with Crippen LogP contribution in [0.2, 0.25) is 0 Å². The van der Waals surface area contributed by atoms with E-state index in [9.17, 15) is 19.6 Å². The van der Waals surface area contributed by atoms with Crippen molar-refractivity contribution in [1.29, 1.82) is 5.26 Å². The van der Waals surface area contributed by atoms with Gasteiger partial charge in [-0.05, 0) is 55.9 Å². The number of nitrogens with zero attached hydrogens (tertiary/aromatic N) is 1. The minimum Gasteiger partial charge on any atom is -0.465 e. The quantitative estimate of drug-likeness (QED) is 0.485. The number of hydrogen-bond donors (Lipinski definition) is 5. The molecule has 1 aromatic carbocycles. The average molecular weight is 423 g/mol. The lowest BCUT2D eigenvalue weighted by Crippen LogP contribution is -2.50. The first-order valence-corrected chi connectivity index (χ1v) is 10.6. The highest BCUT2D eigenvalue weighted by Gasteiger charge is 2.37. The molecule has 1 aromatic heterocycles. The first-order valence-electron chi connectivity index (χ1n) is 10.6. The Labute approximate surface area is 179 Å². The number of aromatic amines is 1. The van der Waals surface area contributed by atoms with Gasteiger partial charge < -0.3 is 20.7 Å². The number of anilines is 1. The van der Waals surface area contributed by atoms with Crippen molar-refractivity contribution >= 4 is 34.5 Å². The number of carboxylic acid groups (broad SMARTS) is 1. The summed E-state index contributed by atoms with van der Waals surface area (Å²) in [5.41, 5.74) is 1.47. The Morgan fingerprint density at radius 2 is 1.90 bits per heavy atom.